The quantitative estimate of drug-likeness (QED) is 0.535. The van der Waals surface area contributed by atoms with Crippen LogP contribution in [0.3, 0.4) is 0 Å². The molecule has 2 heterocycles. The second kappa shape index (κ2) is 10.3. The molecule has 2 aliphatic rings. The van der Waals surface area contributed by atoms with Gasteiger partial charge in [0, 0.05) is 38.4 Å². The first-order valence-corrected chi connectivity index (χ1v) is 11.4. The minimum Gasteiger partial charge on any atom is -0.367 e. The SMILES string of the molecule is CCNC(=NCc1ccc(CN2CCc3ccccc32)cc1)NCC(=O)N1CCCC1. The number of anilines is 1. The predicted octanol–water partition coefficient (Wildman–Crippen LogP) is 2.93. The minimum atomic E-state index is 0.149. The lowest BCUT2D eigenvalue weighted by Gasteiger charge is -2.19. The topological polar surface area (TPSA) is 60.0 Å². The average Bonchev–Trinajstić information content (AvgIpc) is 3.47. The predicted molar refractivity (Wildman–Crippen MR) is 126 cm³/mol. The van der Waals surface area contributed by atoms with E-state index >= 15 is 0 Å². The van der Waals surface area contributed by atoms with E-state index in [9.17, 15) is 4.79 Å². The molecule has 0 saturated carbocycles. The molecule has 0 unspecified atom stereocenters. The summed E-state index contributed by atoms with van der Waals surface area (Å²) in [6.07, 6.45) is 3.35. The fourth-order valence-electron chi connectivity index (χ4n) is 4.29. The van der Waals surface area contributed by atoms with Gasteiger partial charge in [0.2, 0.25) is 5.91 Å². The van der Waals surface area contributed by atoms with Crippen LogP contribution in [0.25, 0.3) is 0 Å². The number of carbonyl (C=O) groups is 1. The molecule has 4 rings (SSSR count). The number of nitrogens with one attached hydrogen (secondary N) is 2. The number of hydrogen-bond acceptors (Lipinski definition) is 3. The van der Waals surface area contributed by atoms with Crippen LogP contribution < -0.4 is 15.5 Å². The van der Waals surface area contributed by atoms with Crippen molar-refractivity contribution in [2.45, 2.75) is 39.3 Å². The molecule has 6 heteroatoms. The number of hydrogen-bond donors (Lipinski definition) is 2. The number of aliphatic imine (C=N–C) groups is 1. The van der Waals surface area contributed by atoms with Gasteiger partial charge in [0.1, 0.15) is 0 Å². The van der Waals surface area contributed by atoms with Crippen molar-refractivity contribution in [1.82, 2.24) is 15.5 Å². The molecule has 2 aromatic carbocycles. The summed E-state index contributed by atoms with van der Waals surface area (Å²) < 4.78 is 0. The van der Waals surface area contributed by atoms with Gasteiger partial charge in [-0.3, -0.25) is 4.79 Å². The van der Waals surface area contributed by atoms with E-state index in [1.165, 1.54) is 16.8 Å². The molecular weight excluding hydrogens is 386 g/mol. The summed E-state index contributed by atoms with van der Waals surface area (Å²) in [4.78, 5) is 21.3. The van der Waals surface area contributed by atoms with Crippen LogP contribution in [0.1, 0.15) is 36.5 Å². The van der Waals surface area contributed by atoms with Gasteiger partial charge in [0.25, 0.3) is 0 Å². The van der Waals surface area contributed by atoms with Gasteiger partial charge in [0.15, 0.2) is 5.96 Å². The van der Waals surface area contributed by atoms with E-state index in [0.717, 1.165) is 57.5 Å². The monoisotopic (exact) mass is 419 g/mol. The molecule has 0 aliphatic carbocycles. The van der Waals surface area contributed by atoms with Crippen LogP contribution in [-0.4, -0.2) is 49.5 Å². The van der Waals surface area contributed by atoms with Gasteiger partial charge < -0.3 is 20.4 Å². The van der Waals surface area contributed by atoms with Crippen LogP contribution in [0.2, 0.25) is 0 Å². The Morgan fingerprint density at radius 1 is 0.968 bits per heavy atom. The van der Waals surface area contributed by atoms with Crippen LogP contribution in [0.15, 0.2) is 53.5 Å². The van der Waals surface area contributed by atoms with Crippen LogP contribution in [0.5, 0.6) is 0 Å². The molecule has 0 spiro atoms. The average molecular weight is 420 g/mol. The lowest BCUT2D eigenvalue weighted by molar-refractivity contribution is -0.128. The molecule has 2 aliphatic heterocycles. The fourth-order valence-corrected chi connectivity index (χ4v) is 4.29. The summed E-state index contributed by atoms with van der Waals surface area (Å²) >= 11 is 0. The summed E-state index contributed by atoms with van der Waals surface area (Å²) in [7, 11) is 0. The largest absolute Gasteiger partial charge is 0.367 e. The molecule has 0 atom stereocenters. The Kier molecular flexibility index (Phi) is 7.07. The Morgan fingerprint density at radius 3 is 2.48 bits per heavy atom. The lowest BCUT2D eigenvalue weighted by atomic mass is 10.1. The summed E-state index contributed by atoms with van der Waals surface area (Å²) in [5, 5.41) is 6.41. The molecule has 1 fully saturated rings. The van der Waals surface area contributed by atoms with E-state index in [1.807, 2.05) is 11.8 Å². The van der Waals surface area contributed by atoms with E-state index in [1.54, 1.807) is 0 Å². The minimum absolute atomic E-state index is 0.149. The van der Waals surface area contributed by atoms with Crippen LogP contribution in [0, 0.1) is 0 Å². The Labute approximate surface area is 185 Å². The highest BCUT2D eigenvalue weighted by molar-refractivity contribution is 5.86. The number of nitrogens with zero attached hydrogens (tertiary/aromatic N) is 3. The summed E-state index contributed by atoms with van der Waals surface area (Å²) in [6.45, 7) is 7.45. The zero-order valence-corrected chi connectivity index (χ0v) is 18.4. The summed E-state index contributed by atoms with van der Waals surface area (Å²) in [6, 6.07) is 17.4. The summed E-state index contributed by atoms with van der Waals surface area (Å²) in [5.74, 6) is 0.837. The van der Waals surface area contributed by atoms with Crippen molar-refractivity contribution in [3.05, 3.63) is 65.2 Å². The standard InChI is InChI=1S/C25H33N5O/c1-2-26-25(28-18-24(31)29-14-5-6-15-29)27-17-20-9-11-21(12-10-20)19-30-16-13-22-7-3-4-8-23(22)30/h3-4,7-12H,2,5-6,13-19H2,1H3,(H2,26,27,28). The Balaban J connectivity index is 1.30. The number of likely N-dealkylation sites (tertiary alicyclic amines) is 1. The highest BCUT2D eigenvalue weighted by Gasteiger charge is 2.19. The van der Waals surface area contributed by atoms with E-state index in [-0.39, 0.29) is 5.91 Å². The van der Waals surface area contributed by atoms with Crippen molar-refractivity contribution in [2.24, 2.45) is 4.99 Å². The highest BCUT2D eigenvalue weighted by Crippen LogP contribution is 2.28. The van der Waals surface area contributed by atoms with Crippen molar-refractivity contribution in [3.63, 3.8) is 0 Å². The molecular formula is C25H33N5O. The molecule has 2 N–H and O–H groups in total. The number of amides is 1. The third-order valence-electron chi connectivity index (χ3n) is 6.01. The van der Waals surface area contributed by atoms with Crippen molar-refractivity contribution < 1.29 is 4.79 Å². The van der Waals surface area contributed by atoms with E-state index in [4.69, 9.17) is 0 Å². The van der Waals surface area contributed by atoms with Gasteiger partial charge in [0.05, 0.1) is 13.1 Å². The molecule has 0 radical (unpaired) electrons. The van der Waals surface area contributed by atoms with Gasteiger partial charge in [-0.25, -0.2) is 4.99 Å². The number of para-hydroxylation sites is 1. The first-order valence-electron chi connectivity index (χ1n) is 11.4. The number of fused-ring (bicyclic) bond motifs is 1. The molecule has 164 valence electrons. The van der Waals surface area contributed by atoms with E-state index < -0.39 is 0 Å². The third-order valence-corrected chi connectivity index (χ3v) is 6.01. The second-order valence-electron chi connectivity index (χ2n) is 8.25. The maximum atomic E-state index is 12.3. The fraction of sp³-hybridized carbons (Fsp3) is 0.440. The van der Waals surface area contributed by atoms with Gasteiger partial charge in [-0.2, -0.15) is 0 Å². The van der Waals surface area contributed by atoms with Crippen molar-refractivity contribution in [3.8, 4) is 0 Å². The molecule has 6 nitrogen and oxygen atoms in total. The Hall–Kier alpha value is -3.02. The first-order chi connectivity index (χ1) is 15.2. The van der Waals surface area contributed by atoms with Gasteiger partial charge >= 0.3 is 0 Å². The van der Waals surface area contributed by atoms with E-state index in [2.05, 4.69) is 69.1 Å². The van der Waals surface area contributed by atoms with Crippen molar-refractivity contribution >= 4 is 17.6 Å². The number of guanidine groups is 1. The van der Waals surface area contributed by atoms with Crippen molar-refractivity contribution in [1.29, 1.82) is 0 Å². The van der Waals surface area contributed by atoms with Crippen LogP contribution in [0.4, 0.5) is 5.69 Å². The molecule has 2 aromatic rings. The normalized spacial score (nSPS) is 15.8. The molecule has 0 bridgehead atoms. The van der Waals surface area contributed by atoms with Crippen molar-refractivity contribution in [2.75, 3.05) is 37.6 Å². The van der Waals surface area contributed by atoms with Gasteiger partial charge in [-0.05, 0) is 48.9 Å². The van der Waals surface area contributed by atoms with Crippen LogP contribution in [-0.2, 0) is 24.3 Å². The Bertz CT molecular complexity index is 902. The third kappa shape index (κ3) is 5.57. The maximum Gasteiger partial charge on any atom is 0.241 e. The second-order valence-corrected chi connectivity index (χ2v) is 8.25. The molecule has 1 amide bonds. The Morgan fingerprint density at radius 2 is 1.71 bits per heavy atom. The molecule has 1 saturated heterocycles. The van der Waals surface area contributed by atoms with Crippen LogP contribution >= 0.6 is 0 Å². The molecule has 31 heavy (non-hydrogen) atoms. The zero-order chi connectivity index (χ0) is 21.5. The first kappa shape index (κ1) is 21.2. The smallest absolute Gasteiger partial charge is 0.241 e. The highest BCUT2D eigenvalue weighted by atomic mass is 16.2. The maximum absolute atomic E-state index is 12.3. The van der Waals surface area contributed by atoms with Gasteiger partial charge in [-0.1, -0.05) is 42.5 Å². The summed E-state index contributed by atoms with van der Waals surface area (Å²) in [5.41, 5.74) is 5.28. The van der Waals surface area contributed by atoms with Gasteiger partial charge in [-0.15, -0.1) is 0 Å². The lowest BCUT2D eigenvalue weighted by Crippen LogP contribution is -2.44. The zero-order valence-electron chi connectivity index (χ0n) is 18.4. The number of benzene rings is 2. The molecule has 0 aromatic heterocycles. The van der Waals surface area contributed by atoms with E-state index in [0.29, 0.717) is 19.0 Å². The number of carbonyl (C=O) groups excluding carboxylic acids is 1. The number of rotatable bonds is 7.